The molecule has 2 aromatic rings. The molecular formula is C11H7F2N3O3. The van der Waals surface area contributed by atoms with Crippen LogP contribution in [0.4, 0.5) is 14.5 Å². The highest BCUT2D eigenvalue weighted by atomic mass is 19.1. The van der Waals surface area contributed by atoms with Crippen molar-refractivity contribution in [2.45, 2.75) is 0 Å². The molecule has 0 aliphatic rings. The molecule has 1 amide bonds. The summed E-state index contributed by atoms with van der Waals surface area (Å²) in [4.78, 5) is 22.5. The van der Waals surface area contributed by atoms with Crippen molar-refractivity contribution in [3.05, 3.63) is 47.3 Å². The van der Waals surface area contributed by atoms with Crippen LogP contribution in [0.1, 0.15) is 20.8 Å². The van der Waals surface area contributed by atoms with E-state index in [2.05, 4.69) is 15.5 Å². The van der Waals surface area contributed by atoms with E-state index in [1.807, 2.05) is 0 Å². The van der Waals surface area contributed by atoms with Crippen LogP contribution in [0.25, 0.3) is 0 Å². The predicted molar refractivity (Wildman–Crippen MR) is 59.9 cm³/mol. The van der Waals surface area contributed by atoms with Crippen molar-refractivity contribution < 1.29 is 23.5 Å². The second kappa shape index (κ2) is 4.84. The highest BCUT2D eigenvalue weighted by molar-refractivity contribution is 6.07. The van der Waals surface area contributed by atoms with Gasteiger partial charge in [-0.1, -0.05) is 0 Å². The number of amides is 1. The van der Waals surface area contributed by atoms with Crippen LogP contribution in [0.2, 0.25) is 0 Å². The van der Waals surface area contributed by atoms with Gasteiger partial charge in [-0.15, -0.1) is 0 Å². The maximum absolute atomic E-state index is 13.3. The summed E-state index contributed by atoms with van der Waals surface area (Å²) in [5, 5.41) is 16.6. The molecule has 0 spiro atoms. The second-order valence-electron chi connectivity index (χ2n) is 3.54. The molecule has 3 N–H and O–H groups in total. The molecule has 0 atom stereocenters. The van der Waals surface area contributed by atoms with Crippen molar-refractivity contribution in [2.75, 3.05) is 5.32 Å². The van der Waals surface area contributed by atoms with E-state index in [1.165, 1.54) is 0 Å². The third-order valence-corrected chi connectivity index (χ3v) is 2.28. The summed E-state index contributed by atoms with van der Waals surface area (Å²) in [6, 6.07) is 2.44. The largest absolute Gasteiger partial charge is 0.476 e. The Morgan fingerprint density at radius 1 is 1.32 bits per heavy atom. The zero-order valence-corrected chi connectivity index (χ0v) is 9.28. The van der Waals surface area contributed by atoms with Gasteiger partial charge in [0.15, 0.2) is 5.69 Å². The second-order valence-corrected chi connectivity index (χ2v) is 3.54. The molecule has 98 valence electrons. The lowest BCUT2D eigenvalue weighted by atomic mass is 10.2. The number of carboxylic acid groups (broad SMARTS) is 1. The smallest absolute Gasteiger partial charge is 0.356 e. The number of nitrogens with one attached hydrogen (secondary N) is 2. The summed E-state index contributed by atoms with van der Waals surface area (Å²) in [5.74, 6) is -4.09. The molecule has 0 saturated heterocycles. The lowest BCUT2D eigenvalue weighted by Gasteiger charge is -2.04. The Morgan fingerprint density at radius 2 is 2.05 bits per heavy atom. The number of aromatic carboxylic acids is 1. The highest BCUT2D eigenvalue weighted by Crippen LogP contribution is 2.15. The van der Waals surface area contributed by atoms with E-state index >= 15 is 0 Å². The number of aromatic nitrogens is 2. The number of benzene rings is 1. The van der Waals surface area contributed by atoms with Gasteiger partial charge in [0.2, 0.25) is 0 Å². The third kappa shape index (κ3) is 2.57. The molecule has 0 unspecified atom stereocenters. The Labute approximate surface area is 105 Å². The zero-order valence-electron chi connectivity index (χ0n) is 9.28. The van der Waals surface area contributed by atoms with Crippen molar-refractivity contribution in [2.24, 2.45) is 0 Å². The van der Waals surface area contributed by atoms with Gasteiger partial charge >= 0.3 is 5.97 Å². The number of anilines is 1. The van der Waals surface area contributed by atoms with Crippen molar-refractivity contribution in [1.82, 2.24) is 10.2 Å². The normalized spacial score (nSPS) is 10.2. The predicted octanol–water partition coefficient (Wildman–Crippen LogP) is 1.64. The lowest BCUT2D eigenvalue weighted by Crippen LogP contribution is -2.15. The first-order chi connectivity index (χ1) is 8.99. The van der Waals surface area contributed by atoms with Gasteiger partial charge in [-0.2, -0.15) is 5.10 Å². The number of aromatic amines is 1. The monoisotopic (exact) mass is 267 g/mol. The van der Waals surface area contributed by atoms with Crippen LogP contribution in [0.15, 0.2) is 24.4 Å². The summed E-state index contributed by atoms with van der Waals surface area (Å²) in [5.41, 5.74) is -0.851. The Balaban J connectivity index is 2.26. The molecule has 0 aliphatic carbocycles. The molecule has 1 aromatic carbocycles. The van der Waals surface area contributed by atoms with Gasteiger partial charge in [-0.25, -0.2) is 13.6 Å². The lowest BCUT2D eigenvalue weighted by molar-refractivity contribution is 0.0691. The SMILES string of the molecule is O=C(Nc1cn[nH]c1C(=O)O)c1ccc(F)cc1F. The first kappa shape index (κ1) is 12.7. The maximum atomic E-state index is 13.3. The van der Waals surface area contributed by atoms with Crippen molar-refractivity contribution in [3.63, 3.8) is 0 Å². The molecule has 0 bridgehead atoms. The molecule has 6 nitrogen and oxygen atoms in total. The summed E-state index contributed by atoms with van der Waals surface area (Å²) in [6.45, 7) is 0. The Morgan fingerprint density at radius 3 is 2.68 bits per heavy atom. The number of hydrogen-bond acceptors (Lipinski definition) is 3. The van der Waals surface area contributed by atoms with Crippen LogP contribution < -0.4 is 5.32 Å². The fourth-order valence-corrected chi connectivity index (χ4v) is 1.41. The number of nitrogens with zero attached hydrogens (tertiary/aromatic N) is 1. The minimum Gasteiger partial charge on any atom is -0.476 e. The van der Waals surface area contributed by atoms with Crippen molar-refractivity contribution in [1.29, 1.82) is 0 Å². The van der Waals surface area contributed by atoms with Crippen LogP contribution >= 0.6 is 0 Å². The molecule has 2 rings (SSSR count). The topological polar surface area (TPSA) is 95.1 Å². The Kier molecular flexibility index (Phi) is 3.23. The van der Waals surface area contributed by atoms with E-state index in [1.54, 1.807) is 0 Å². The summed E-state index contributed by atoms with van der Waals surface area (Å²) in [6.07, 6.45) is 1.07. The van der Waals surface area contributed by atoms with E-state index in [9.17, 15) is 18.4 Å². The van der Waals surface area contributed by atoms with Crippen LogP contribution in [-0.2, 0) is 0 Å². The number of H-pyrrole nitrogens is 1. The fourth-order valence-electron chi connectivity index (χ4n) is 1.41. The molecule has 1 aromatic heterocycles. The molecule has 19 heavy (non-hydrogen) atoms. The minimum absolute atomic E-state index is 0.110. The quantitative estimate of drug-likeness (QED) is 0.787. The first-order valence-electron chi connectivity index (χ1n) is 5.02. The van der Waals surface area contributed by atoms with Gasteiger partial charge < -0.3 is 10.4 Å². The van der Waals surface area contributed by atoms with E-state index in [0.29, 0.717) is 6.07 Å². The van der Waals surface area contributed by atoms with Crippen molar-refractivity contribution in [3.8, 4) is 0 Å². The molecule has 0 aliphatic heterocycles. The van der Waals surface area contributed by atoms with Crippen LogP contribution in [-0.4, -0.2) is 27.2 Å². The molecule has 0 fully saturated rings. The van der Waals surface area contributed by atoms with Gasteiger partial charge in [-0.05, 0) is 12.1 Å². The Bertz CT molecular complexity index is 654. The summed E-state index contributed by atoms with van der Waals surface area (Å²) >= 11 is 0. The molecule has 8 heteroatoms. The standard InChI is InChI=1S/C11H7F2N3O3/c12-5-1-2-6(7(13)3-5)10(17)15-8-4-14-16-9(8)11(18)19/h1-4H,(H,14,16)(H,15,17)(H,18,19). The number of hydrogen-bond donors (Lipinski definition) is 3. The zero-order chi connectivity index (χ0) is 14.0. The molecule has 1 heterocycles. The van der Waals surface area contributed by atoms with Gasteiger partial charge in [0.05, 0.1) is 17.4 Å². The van der Waals surface area contributed by atoms with Crippen LogP contribution in [0.5, 0.6) is 0 Å². The van der Waals surface area contributed by atoms with E-state index in [-0.39, 0.29) is 11.4 Å². The number of carbonyl (C=O) groups is 2. The molecule has 0 radical (unpaired) electrons. The van der Waals surface area contributed by atoms with Gasteiger partial charge in [0.1, 0.15) is 11.6 Å². The molecular weight excluding hydrogens is 260 g/mol. The fraction of sp³-hybridized carbons (Fsp3) is 0. The van der Waals surface area contributed by atoms with Gasteiger partial charge in [0, 0.05) is 6.07 Å². The van der Waals surface area contributed by atoms with E-state index < -0.39 is 29.1 Å². The highest BCUT2D eigenvalue weighted by Gasteiger charge is 2.18. The summed E-state index contributed by atoms with van der Waals surface area (Å²) in [7, 11) is 0. The summed E-state index contributed by atoms with van der Waals surface area (Å²) < 4.78 is 26.0. The number of rotatable bonds is 3. The maximum Gasteiger partial charge on any atom is 0.356 e. The minimum atomic E-state index is -1.33. The van der Waals surface area contributed by atoms with Gasteiger partial charge in [0.25, 0.3) is 5.91 Å². The third-order valence-electron chi connectivity index (χ3n) is 2.28. The average Bonchev–Trinajstić information content (AvgIpc) is 2.76. The first-order valence-corrected chi connectivity index (χ1v) is 5.02. The van der Waals surface area contributed by atoms with E-state index in [4.69, 9.17) is 5.11 Å². The van der Waals surface area contributed by atoms with Crippen LogP contribution in [0, 0.1) is 11.6 Å². The van der Waals surface area contributed by atoms with Gasteiger partial charge in [-0.3, -0.25) is 9.89 Å². The van der Waals surface area contributed by atoms with Crippen molar-refractivity contribution >= 4 is 17.6 Å². The van der Waals surface area contributed by atoms with Crippen LogP contribution in [0.3, 0.4) is 0 Å². The average molecular weight is 267 g/mol. The van der Waals surface area contributed by atoms with E-state index in [0.717, 1.165) is 18.3 Å². The Hall–Kier alpha value is -2.77. The number of halogens is 2. The number of carbonyl (C=O) groups excluding carboxylic acids is 1. The number of carboxylic acids is 1. The molecule has 0 saturated carbocycles.